The van der Waals surface area contributed by atoms with Gasteiger partial charge in [0.15, 0.2) is 5.78 Å². The molecular weight excluding hydrogens is 156 g/mol. The Kier molecular flexibility index (Phi) is 2.74. The molecular formula is C8H10N2O2. The molecule has 0 bridgehead atoms. The van der Waals surface area contributed by atoms with Crippen LogP contribution in [0.25, 0.3) is 0 Å². The molecule has 0 aliphatic carbocycles. The first-order valence-corrected chi connectivity index (χ1v) is 3.69. The Bertz CT molecular complexity index is 269. The van der Waals surface area contributed by atoms with E-state index in [1.54, 1.807) is 0 Å². The third-order valence-electron chi connectivity index (χ3n) is 1.31. The van der Waals surface area contributed by atoms with Crippen LogP contribution in [0.1, 0.15) is 24.2 Å². The fourth-order valence-electron chi connectivity index (χ4n) is 0.702. The second kappa shape index (κ2) is 3.80. The predicted molar refractivity (Wildman–Crippen MR) is 43.2 cm³/mol. The highest BCUT2D eigenvalue weighted by Gasteiger charge is 2.00. The van der Waals surface area contributed by atoms with Crippen LogP contribution in [0.15, 0.2) is 12.4 Å². The van der Waals surface area contributed by atoms with Gasteiger partial charge in [-0.2, -0.15) is 0 Å². The first kappa shape index (κ1) is 8.64. The monoisotopic (exact) mass is 166 g/mol. The van der Waals surface area contributed by atoms with E-state index < -0.39 is 0 Å². The summed E-state index contributed by atoms with van der Waals surface area (Å²) in [6.07, 6.45) is 2.92. The molecule has 0 N–H and O–H groups in total. The van der Waals surface area contributed by atoms with Gasteiger partial charge in [0.25, 0.3) is 0 Å². The molecule has 4 heteroatoms. The van der Waals surface area contributed by atoms with E-state index in [2.05, 4.69) is 9.97 Å². The van der Waals surface area contributed by atoms with Crippen molar-refractivity contribution < 1.29 is 9.53 Å². The Hall–Kier alpha value is -1.45. The lowest BCUT2D eigenvalue weighted by atomic mass is 10.2. The van der Waals surface area contributed by atoms with E-state index >= 15 is 0 Å². The average molecular weight is 166 g/mol. The van der Waals surface area contributed by atoms with Gasteiger partial charge in [0, 0.05) is 12.4 Å². The SMILES string of the molecule is CCOc1ncc(C(C)=O)cn1. The highest BCUT2D eigenvalue weighted by atomic mass is 16.5. The van der Waals surface area contributed by atoms with Crippen LogP contribution >= 0.6 is 0 Å². The van der Waals surface area contributed by atoms with Crippen LogP contribution in [-0.4, -0.2) is 22.4 Å². The van der Waals surface area contributed by atoms with Gasteiger partial charge in [-0.1, -0.05) is 0 Å². The Morgan fingerprint density at radius 1 is 1.50 bits per heavy atom. The number of ketones is 1. The molecule has 0 atom stereocenters. The van der Waals surface area contributed by atoms with Crippen molar-refractivity contribution in [2.24, 2.45) is 0 Å². The van der Waals surface area contributed by atoms with Crippen molar-refractivity contribution in [3.8, 4) is 6.01 Å². The number of Topliss-reactive ketones (excluding diaryl/α,β-unsaturated/α-hetero) is 1. The van der Waals surface area contributed by atoms with Gasteiger partial charge in [0.05, 0.1) is 12.2 Å². The maximum atomic E-state index is 10.8. The molecule has 1 aromatic rings. The number of rotatable bonds is 3. The van der Waals surface area contributed by atoms with E-state index in [4.69, 9.17) is 4.74 Å². The zero-order chi connectivity index (χ0) is 8.97. The Balaban J connectivity index is 2.78. The van der Waals surface area contributed by atoms with Gasteiger partial charge in [-0.25, -0.2) is 9.97 Å². The van der Waals surface area contributed by atoms with Crippen molar-refractivity contribution in [1.82, 2.24) is 9.97 Å². The molecule has 0 radical (unpaired) electrons. The molecule has 4 nitrogen and oxygen atoms in total. The standard InChI is InChI=1S/C8H10N2O2/c1-3-12-8-9-4-7(5-10-8)6(2)11/h4-5H,3H2,1-2H3. The van der Waals surface area contributed by atoms with Gasteiger partial charge in [-0.05, 0) is 13.8 Å². The highest BCUT2D eigenvalue weighted by Crippen LogP contribution is 2.02. The fraction of sp³-hybridized carbons (Fsp3) is 0.375. The minimum Gasteiger partial charge on any atom is -0.464 e. The summed E-state index contributed by atoms with van der Waals surface area (Å²) in [5, 5.41) is 0. The second-order valence-corrected chi connectivity index (χ2v) is 2.24. The summed E-state index contributed by atoms with van der Waals surface area (Å²) in [5.74, 6) is -0.0435. The Labute approximate surface area is 70.6 Å². The zero-order valence-corrected chi connectivity index (χ0v) is 7.07. The Morgan fingerprint density at radius 3 is 2.50 bits per heavy atom. The van der Waals surface area contributed by atoms with Gasteiger partial charge in [0.2, 0.25) is 0 Å². The smallest absolute Gasteiger partial charge is 0.316 e. The number of hydrogen-bond donors (Lipinski definition) is 0. The van der Waals surface area contributed by atoms with Crippen LogP contribution < -0.4 is 4.74 Å². The average Bonchev–Trinajstić information content (AvgIpc) is 2.06. The van der Waals surface area contributed by atoms with Gasteiger partial charge < -0.3 is 4.74 Å². The summed E-state index contributed by atoms with van der Waals surface area (Å²) in [5.41, 5.74) is 0.499. The molecule has 0 saturated heterocycles. The Morgan fingerprint density at radius 2 is 2.08 bits per heavy atom. The summed E-state index contributed by atoms with van der Waals surface area (Å²) >= 11 is 0. The van der Waals surface area contributed by atoms with E-state index in [0.29, 0.717) is 18.2 Å². The molecule has 0 spiro atoms. The van der Waals surface area contributed by atoms with Crippen molar-refractivity contribution in [2.75, 3.05) is 6.61 Å². The van der Waals surface area contributed by atoms with Crippen molar-refractivity contribution in [3.63, 3.8) is 0 Å². The summed E-state index contributed by atoms with van der Waals surface area (Å²) in [6.45, 7) is 3.85. The summed E-state index contributed by atoms with van der Waals surface area (Å²) in [7, 11) is 0. The number of carbonyl (C=O) groups excluding carboxylic acids is 1. The molecule has 0 aromatic carbocycles. The van der Waals surface area contributed by atoms with Crippen molar-refractivity contribution >= 4 is 5.78 Å². The predicted octanol–water partition coefficient (Wildman–Crippen LogP) is 1.08. The first-order chi connectivity index (χ1) is 5.74. The molecule has 1 heterocycles. The summed E-state index contributed by atoms with van der Waals surface area (Å²) in [6, 6.07) is 0.308. The van der Waals surface area contributed by atoms with Gasteiger partial charge in [-0.3, -0.25) is 4.79 Å². The minimum atomic E-state index is -0.0435. The van der Waals surface area contributed by atoms with Crippen LogP contribution in [0.3, 0.4) is 0 Å². The maximum Gasteiger partial charge on any atom is 0.316 e. The number of ether oxygens (including phenoxy) is 1. The van der Waals surface area contributed by atoms with E-state index in [0.717, 1.165) is 0 Å². The van der Waals surface area contributed by atoms with Crippen molar-refractivity contribution in [1.29, 1.82) is 0 Å². The molecule has 1 rings (SSSR count). The number of carbonyl (C=O) groups is 1. The van der Waals surface area contributed by atoms with Crippen LogP contribution in [0, 0.1) is 0 Å². The lowest BCUT2D eigenvalue weighted by molar-refractivity contribution is 0.101. The van der Waals surface area contributed by atoms with Crippen LogP contribution in [-0.2, 0) is 0 Å². The van der Waals surface area contributed by atoms with Crippen LogP contribution in [0.5, 0.6) is 6.01 Å². The number of aromatic nitrogens is 2. The zero-order valence-electron chi connectivity index (χ0n) is 7.07. The number of nitrogens with zero attached hydrogens (tertiary/aromatic N) is 2. The van der Waals surface area contributed by atoms with Crippen LogP contribution in [0.4, 0.5) is 0 Å². The largest absolute Gasteiger partial charge is 0.464 e. The highest BCUT2D eigenvalue weighted by molar-refractivity contribution is 5.93. The molecule has 0 unspecified atom stereocenters. The van der Waals surface area contributed by atoms with Crippen molar-refractivity contribution in [3.05, 3.63) is 18.0 Å². The lowest BCUT2D eigenvalue weighted by Gasteiger charge is -1.99. The molecule has 0 aliphatic heterocycles. The topological polar surface area (TPSA) is 52.1 Å². The van der Waals surface area contributed by atoms with E-state index in [1.807, 2.05) is 6.92 Å². The third-order valence-corrected chi connectivity index (χ3v) is 1.31. The quantitative estimate of drug-likeness (QED) is 0.630. The van der Waals surface area contributed by atoms with Gasteiger partial charge in [0.1, 0.15) is 0 Å². The van der Waals surface area contributed by atoms with Crippen molar-refractivity contribution in [2.45, 2.75) is 13.8 Å². The fourth-order valence-corrected chi connectivity index (χ4v) is 0.702. The molecule has 64 valence electrons. The minimum absolute atomic E-state index is 0.0435. The van der Waals surface area contributed by atoms with E-state index in [-0.39, 0.29) is 5.78 Å². The second-order valence-electron chi connectivity index (χ2n) is 2.24. The summed E-state index contributed by atoms with van der Waals surface area (Å²) in [4.78, 5) is 18.5. The van der Waals surface area contributed by atoms with E-state index in [9.17, 15) is 4.79 Å². The lowest BCUT2D eigenvalue weighted by Crippen LogP contribution is -2.00. The maximum absolute atomic E-state index is 10.8. The first-order valence-electron chi connectivity index (χ1n) is 3.69. The van der Waals surface area contributed by atoms with Gasteiger partial charge >= 0.3 is 6.01 Å². The third kappa shape index (κ3) is 2.02. The molecule has 0 amide bonds. The summed E-state index contributed by atoms with van der Waals surface area (Å²) < 4.78 is 5.01. The van der Waals surface area contributed by atoms with Gasteiger partial charge in [-0.15, -0.1) is 0 Å². The molecule has 1 aromatic heterocycles. The van der Waals surface area contributed by atoms with Crippen LogP contribution in [0.2, 0.25) is 0 Å². The molecule has 0 aliphatic rings. The normalized spacial score (nSPS) is 9.50. The number of hydrogen-bond acceptors (Lipinski definition) is 4. The molecule has 0 saturated carbocycles. The van der Waals surface area contributed by atoms with E-state index in [1.165, 1.54) is 19.3 Å². The molecule has 0 fully saturated rings. The molecule has 12 heavy (non-hydrogen) atoms.